The Morgan fingerprint density at radius 3 is 1.19 bits per heavy atom. The molecule has 0 atom stereocenters. The van der Waals surface area contributed by atoms with E-state index in [1.807, 2.05) is 84.9 Å². The molecule has 0 amide bonds. The molecule has 0 aromatic heterocycles. The van der Waals surface area contributed by atoms with Gasteiger partial charge in [-0.15, -0.1) is 0 Å². The Hall–Kier alpha value is -4.78. The predicted molar refractivity (Wildman–Crippen MR) is 147 cm³/mol. The first kappa shape index (κ1) is 25.3. The number of rotatable bonds is 10. The molecule has 4 rings (SSSR count). The van der Waals surface area contributed by atoms with Crippen molar-refractivity contribution in [1.29, 1.82) is 0 Å². The maximum absolute atomic E-state index is 5.96. The van der Waals surface area contributed by atoms with Gasteiger partial charge in [0.1, 0.15) is 11.5 Å². The summed E-state index contributed by atoms with van der Waals surface area (Å²) in [6.45, 7) is 0. The minimum atomic E-state index is 0.660. The molecule has 0 aliphatic carbocycles. The van der Waals surface area contributed by atoms with E-state index in [0.717, 1.165) is 22.5 Å². The van der Waals surface area contributed by atoms with Crippen LogP contribution in [0.25, 0.3) is 0 Å². The van der Waals surface area contributed by atoms with Gasteiger partial charge in [0.2, 0.25) is 0 Å². The second-order valence-corrected chi connectivity index (χ2v) is 7.84. The largest absolute Gasteiger partial charge is 0.493 e. The number of methoxy groups -OCH3 is 4. The third-order valence-corrected chi connectivity index (χ3v) is 5.45. The van der Waals surface area contributed by atoms with Gasteiger partial charge >= 0.3 is 0 Å². The molecule has 0 aliphatic heterocycles. The molecule has 0 bridgehead atoms. The summed E-state index contributed by atoms with van der Waals surface area (Å²) in [7, 11) is 6.44. The molecule has 7 heteroatoms. The maximum Gasteiger partial charge on any atom is 0.161 e. The van der Waals surface area contributed by atoms with Crippen LogP contribution in [0, 0.1) is 0 Å². The summed E-state index contributed by atoms with van der Waals surface area (Å²) in [5.41, 5.74) is 3.43. The highest BCUT2D eigenvalue weighted by atomic mass is 16.5. The summed E-state index contributed by atoms with van der Waals surface area (Å²) in [5, 5.41) is 0. The lowest BCUT2D eigenvalue weighted by Crippen LogP contribution is -1.92. The fraction of sp³-hybridized carbons (Fsp3) is 0.133. The average molecular weight is 497 g/mol. The zero-order valence-electron chi connectivity index (χ0n) is 21.2. The molecule has 0 unspecified atom stereocenters. The van der Waals surface area contributed by atoms with Gasteiger partial charge in [0.05, 0.1) is 39.8 Å². The van der Waals surface area contributed by atoms with Crippen LogP contribution in [0.5, 0.6) is 34.5 Å². The van der Waals surface area contributed by atoms with E-state index in [1.54, 1.807) is 40.9 Å². The Kier molecular flexibility index (Phi) is 8.39. The lowest BCUT2D eigenvalue weighted by Gasteiger charge is -2.08. The van der Waals surface area contributed by atoms with Crippen LogP contribution in [-0.4, -0.2) is 40.9 Å². The highest BCUT2D eigenvalue weighted by Crippen LogP contribution is 2.29. The van der Waals surface area contributed by atoms with Gasteiger partial charge in [0.25, 0.3) is 0 Å². The van der Waals surface area contributed by atoms with Crippen molar-refractivity contribution in [2.45, 2.75) is 0 Å². The number of nitrogens with zero attached hydrogens (tertiary/aromatic N) is 2. The predicted octanol–water partition coefficient (Wildman–Crippen LogP) is 7.01. The molecule has 0 saturated heterocycles. The Bertz CT molecular complexity index is 1270. The van der Waals surface area contributed by atoms with Crippen LogP contribution in [-0.2, 0) is 0 Å². The van der Waals surface area contributed by atoms with Gasteiger partial charge in [-0.1, -0.05) is 0 Å². The van der Waals surface area contributed by atoms with Gasteiger partial charge in [-0.2, -0.15) is 0 Å². The number of aliphatic imine (C=N–C) groups is 2. The minimum Gasteiger partial charge on any atom is -0.493 e. The van der Waals surface area contributed by atoms with Gasteiger partial charge < -0.3 is 23.7 Å². The average Bonchev–Trinajstić information content (AvgIpc) is 2.96. The minimum absolute atomic E-state index is 0.660. The Morgan fingerprint density at radius 2 is 0.838 bits per heavy atom. The van der Waals surface area contributed by atoms with Crippen LogP contribution in [0.15, 0.2) is 94.9 Å². The number of ether oxygens (including phenoxy) is 5. The van der Waals surface area contributed by atoms with Crippen LogP contribution in [0.1, 0.15) is 11.1 Å². The fourth-order valence-corrected chi connectivity index (χ4v) is 3.50. The summed E-state index contributed by atoms with van der Waals surface area (Å²) in [6, 6.07) is 26.4. The number of benzene rings is 4. The van der Waals surface area contributed by atoms with E-state index in [2.05, 4.69) is 9.98 Å². The van der Waals surface area contributed by atoms with Crippen molar-refractivity contribution in [3.63, 3.8) is 0 Å². The second-order valence-electron chi connectivity index (χ2n) is 7.84. The van der Waals surface area contributed by atoms with E-state index in [9.17, 15) is 0 Å². The van der Waals surface area contributed by atoms with Crippen molar-refractivity contribution >= 4 is 23.8 Å². The molecule has 37 heavy (non-hydrogen) atoms. The molecule has 4 aromatic rings. The lowest BCUT2D eigenvalue weighted by molar-refractivity contribution is 0.355. The summed E-state index contributed by atoms with van der Waals surface area (Å²) in [5.74, 6) is 4.11. The first-order valence-electron chi connectivity index (χ1n) is 11.5. The fourth-order valence-electron chi connectivity index (χ4n) is 3.50. The van der Waals surface area contributed by atoms with E-state index in [1.165, 1.54) is 0 Å². The van der Waals surface area contributed by atoms with E-state index >= 15 is 0 Å². The van der Waals surface area contributed by atoms with E-state index in [0.29, 0.717) is 34.5 Å². The van der Waals surface area contributed by atoms with Gasteiger partial charge in [0.15, 0.2) is 23.0 Å². The van der Waals surface area contributed by atoms with Crippen LogP contribution in [0.2, 0.25) is 0 Å². The Morgan fingerprint density at radius 1 is 0.459 bits per heavy atom. The molecule has 0 N–H and O–H groups in total. The van der Waals surface area contributed by atoms with E-state index < -0.39 is 0 Å². The monoisotopic (exact) mass is 496 g/mol. The van der Waals surface area contributed by atoms with Gasteiger partial charge in [-0.05, 0) is 96.1 Å². The van der Waals surface area contributed by atoms with Crippen molar-refractivity contribution in [1.82, 2.24) is 0 Å². The molecule has 0 radical (unpaired) electrons. The lowest BCUT2D eigenvalue weighted by atomic mass is 10.2. The summed E-state index contributed by atoms with van der Waals surface area (Å²) >= 11 is 0. The van der Waals surface area contributed by atoms with Crippen LogP contribution >= 0.6 is 0 Å². The molecular weight excluding hydrogens is 468 g/mol. The zero-order valence-corrected chi connectivity index (χ0v) is 21.2. The zero-order chi connectivity index (χ0) is 26.0. The first-order valence-corrected chi connectivity index (χ1v) is 11.5. The van der Waals surface area contributed by atoms with Gasteiger partial charge in [-0.25, -0.2) is 0 Å². The normalized spacial score (nSPS) is 11.0. The summed E-state index contributed by atoms with van der Waals surface area (Å²) < 4.78 is 27.2. The van der Waals surface area contributed by atoms with Crippen LogP contribution < -0.4 is 23.7 Å². The topological polar surface area (TPSA) is 70.9 Å². The van der Waals surface area contributed by atoms with E-state index in [-0.39, 0.29) is 0 Å². The molecule has 7 nitrogen and oxygen atoms in total. The molecule has 0 spiro atoms. The van der Waals surface area contributed by atoms with Crippen molar-refractivity contribution < 1.29 is 23.7 Å². The molecular formula is C30H28N2O5. The summed E-state index contributed by atoms with van der Waals surface area (Å²) in [6.07, 6.45) is 3.55. The van der Waals surface area contributed by atoms with Crippen molar-refractivity contribution in [3.8, 4) is 34.5 Å². The molecule has 0 saturated carbocycles. The third kappa shape index (κ3) is 6.67. The van der Waals surface area contributed by atoms with Crippen molar-refractivity contribution in [2.75, 3.05) is 28.4 Å². The molecule has 4 aromatic carbocycles. The quantitative estimate of drug-likeness (QED) is 0.221. The highest BCUT2D eigenvalue weighted by Gasteiger charge is 2.04. The SMILES string of the molecule is COc1ccc(C=Nc2ccc(Oc3ccc(N=Cc4ccc(OC)c(OC)c4)cc3)cc2)cc1OC. The number of hydrogen-bond donors (Lipinski definition) is 0. The van der Waals surface area contributed by atoms with Gasteiger partial charge in [0, 0.05) is 12.4 Å². The maximum atomic E-state index is 5.96. The van der Waals surface area contributed by atoms with Gasteiger partial charge in [-0.3, -0.25) is 9.98 Å². The van der Waals surface area contributed by atoms with Crippen molar-refractivity contribution in [2.24, 2.45) is 9.98 Å². The first-order chi connectivity index (χ1) is 18.1. The van der Waals surface area contributed by atoms with Crippen LogP contribution in [0.4, 0.5) is 11.4 Å². The molecule has 0 heterocycles. The Balaban J connectivity index is 1.36. The number of hydrogen-bond acceptors (Lipinski definition) is 7. The van der Waals surface area contributed by atoms with Crippen molar-refractivity contribution in [3.05, 3.63) is 96.1 Å². The Labute approximate surface area is 216 Å². The smallest absolute Gasteiger partial charge is 0.161 e. The third-order valence-electron chi connectivity index (χ3n) is 5.45. The summed E-state index contributed by atoms with van der Waals surface area (Å²) in [4.78, 5) is 9.05. The molecule has 0 fully saturated rings. The second kappa shape index (κ2) is 12.3. The molecule has 188 valence electrons. The van der Waals surface area contributed by atoms with E-state index in [4.69, 9.17) is 23.7 Å². The highest BCUT2D eigenvalue weighted by molar-refractivity contribution is 5.83. The standard InChI is InChI=1S/C30H28N2O5/c1-33-27-15-5-21(17-29(27)35-3)19-31-23-7-11-25(12-8-23)37-26-13-9-24(10-14-26)32-20-22-6-16-28(34-2)30(18-22)36-4/h5-20H,1-4H3. The molecule has 0 aliphatic rings. The van der Waals surface area contributed by atoms with Crippen LogP contribution in [0.3, 0.4) is 0 Å².